The van der Waals surface area contributed by atoms with Crippen LogP contribution in [0.15, 0.2) is 12.1 Å². The molecule has 0 spiro atoms. The van der Waals surface area contributed by atoms with Gasteiger partial charge in [0.15, 0.2) is 23.0 Å². The van der Waals surface area contributed by atoms with Gasteiger partial charge in [0.1, 0.15) is 0 Å². The molecule has 0 amide bonds. The lowest BCUT2D eigenvalue weighted by Crippen LogP contribution is -2.32. The molecule has 0 saturated heterocycles. The van der Waals surface area contributed by atoms with Crippen molar-refractivity contribution in [3.63, 3.8) is 0 Å². The zero-order chi connectivity index (χ0) is 20.0. The highest BCUT2D eigenvalue weighted by Crippen LogP contribution is 2.56. The van der Waals surface area contributed by atoms with Crippen LogP contribution in [0.3, 0.4) is 0 Å². The lowest BCUT2D eigenvalue weighted by atomic mass is 9.85. The van der Waals surface area contributed by atoms with Crippen LogP contribution < -0.4 is 18.9 Å². The first-order valence-electron chi connectivity index (χ1n) is 9.50. The van der Waals surface area contributed by atoms with Crippen LogP contribution in [0.1, 0.15) is 29.2 Å². The van der Waals surface area contributed by atoms with Gasteiger partial charge in [-0.25, -0.2) is 0 Å². The molecule has 1 aliphatic heterocycles. The SMILES string of the molecule is COc1cc2c(c(O)c1OC)-c1c(OC)c(OC)cc3c1C(CC2)N(C)CC3. The maximum absolute atomic E-state index is 11.2. The number of hydrogen-bond donors (Lipinski definition) is 1. The predicted octanol–water partition coefficient (Wildman–Crippen LogP) is 3.57. The summed E-state index contributed by atoms with van der Waals surface area (Å²) in [5, 5.41) is 11.2. The van der Waals surface area contributed by atoms with Crippen LogP contribution >= 0.6 is 0 Å². The first-order chi connectivity index (χ1) is 13.5. The van der Waals surface area contributed by atoms with Gasteiger partial charge < -0.3 is 24.1 Å². The minimum Gasteiger partial charge on any atom is -0.504 e. The van der Waals surface area contributed by atoms with Crippen molar-refractivity contribution < 1.29 is 24.1 Å². The number of fused-ring (bicyclic) bond motifs is 2. The number of phenols is 1. The predicted molar refractivity (Wildman–Crippen MR) is 107 cm³/mol. The molecule has 0 bridgehead atoms. The third-order valence-electron chi connectivity index (χ3n) is 6.06. The third kappa shape index (κ3) is 2.58. The van der Waals surface area contributed by atoms with E-state index >= 15 is 0 Å². The van der Waals surface area contributed by atoms with Crippen LogP contribution in [0.25, 0.3) is 11.1 Å². The number of aromatic hydroxyl groups is 1. The van der Waals surface area contributed by atoms with Gasteiger partial charge in [-0.15, -0.1) is 0 Å². The molecule has 1 N–H and O–H groups in total. The summed E-state index contributed by atoms with van der Waals surface area (Å²) < 4.78 is 22.4. The fourth-order valence-electron chi connectivity index (χ4n) is 4.73. The van der Waals surface area contributed by atoms with Crippen LogP contribution in [0.2, 0.25) is 0 Å². The molecule has 0 fully saturated rings. The number of benzene rings is 2. The van der Waals surface area contributed by atoms with Crippen molar-refractivity contribution >= 4 is 0 Å². The van der Waals surface area contributed by atoms with Gasteiger partial charge in [0.05, 0.1) is 28.4 Å². The van der Waals surface area contributed by atoms with Crippen molar-refractivity contribution in [3.8, 4) is 39.9 Å². The molecular formula is C22H27NO5. The summed E-state index contributed by atoms with van der Waals surface area (Å²) in [5.74, 6) is 2.28. The number of hydrogen-bond acceptors (Lipinski definition) is 6. The minimum atomic E-state index is 0.0829. The Labute approximate surface area is 165 Å². The first kappa shape index (κ1) is 18.7. The van der Waals surface area contributed by atoms with Crippen LogP contribution in [-0.4, -0.2) is 52.0 Å². The molecule has 0 radical (unpaired) electrons. The normalized spacial score (nSPS) is 18.0. The summed E-state index contributed by atoms with van der Waals surface area (Å²) in [6, 6.07) is 4.30. The number of ether oxygens (including phenoxy) is 4. The van der Waals surface area contributed by atoms with E-state index in [2.05, 4.69) is 18.0 Å². The van der Waals surface area contributed by atoms with Gasteiger partial charge in [-0.05, 0) is 55.1 Å². The highest BCUT2D eigenvalue weighted by molar-refractivity contribution is 5.88. The van der Waals surface area contributed by atoms with Gasteiger partial charge in [-0.2, -0.15) is 0 Å². The Kier molecular flexibility index (Phi) is 4.75. The van der Waals surface area contributed by atoms with Gasteiger partial charge in [-0.3, -0.25) is 4.90 Å². The van der Waals surface area contributed by atoms with E-state index in [1.54, 1.807) is 21.3 Å². The Balaban J connectivity index is 2.13. The zero-order valence-electron chi connectivity index (χ0n) is 17.1. The number of likely N-dealkylation sites (N-methyl/N-ethyl adjacent to an activating group) is 1. The maximum atomic E-state index is 11.2. The first-order valence-corrected chi connectivity index (χ1v) is 9.50. The molecule has 0 aromatic heterocycles. The molecule has 2 aliphatic rings. The van der Waals surface area contributed by atoms with Crippen LogP contribution in [0, 0.1) is 0 Å². The fraction of sp³-hybridized carbons (Fsp3) is 0.455. The number of methoxy groups -OCH3 is 4. The molecule has 150 valence electrons. The standard InChI is InChI=1S/C22H27NO5/c1-23-9-8-13-11-15(25-2)21(27-4)19-17(13)14(23)7-6-12-10-16(26-3)22(28-5)20(24)18(12)19/h10-11,14,24H,6-9H2,1-5H3. The summed E-state index contributed by atoms with van der Waals surface area (Å²) >= 11 is 0. The zero-order valence-corrected chi connectivity index (χ0v) is 17.1. The molecule has 28 heavy (non-hydrogen) atoms. The lowest BCUT2D eigenvalue weighted by Gasteiger charge is -2.36. The summed E-state index contributed by atoms with van der Waals surface area (Å²) in [4.78, 5) is 2.38. The summed E-state index contributed by atoms with van der Waals surface area (Å²) in [6.45, 7) is 0.988. The maximum Gasteiger partial charge on any atom is 0.203 e. The minimum absolute atomic E-state index is 0.0829. The molecule has 6 heteroatoms. The second kappa shape index (κ2) is 7.09. The fourth-order valence-corrected chi connectivity index (χ4v) is 4.73. The van der Waals surface area contributed by atoms with Gasteiger partial charge >= 0.3 is 0 Å². The Morgan fingerprint density at radius 2 is 1.50 bits per heavy atom. The second-order valence-corrected chi connectivity index (χ2v) is 7.34. The number of phenolic OH excluding ortho intramolecular Hbond substituents is 1. The topological polar surface area (TPSA) is 60.4 Å². The monoisotopic (exact) mass is 385 g/mol. The van der Waals surface area contributed by atoms with Crippen molar-refractivity contribution in [2.75, 3.05) is 42.0 Å². The van der Waals surface area contributed by atoms with Crippen molar-refractivity contribution in [2.45, 2.75) is 25.3 Å². The number of nitrogens with zero attached hydrogens (tertiary/aromatic N) is 1. The molecule has 2 aromatic rings. The Morgan fingerprint density at radius 1 is 0.857 bits per heavy atom. The molecule has 1 aliphatic carbocycles. The Hall–Kier alpha value is -2.60. The summed E-state index contributed by atoms with van der Waals surface area (Å²) in [6.07, 6.45) is 2.70. The van der Waals surface area contributed by atoms with Crippen molar-refractivity contribution in [2.24, 2.45) is 0 Å². The number of aryl methyl sites for hydroxylation is 1. The lowest BCUT2D eigenvalue weighted by molar-refractivity contribution is 0.220. The Bertz CT molecular complexity index is 924. The van der Waals surface area contributed by atoms with E-state index in [-0.39, 0.29) is 11.8 Å². The largest absolute Gasteiger partial charge is 0.504 e. The molecular weight excluding hydrogens is 358 g/mol. The van der Waals surface area contributed by atoms with Crippen molar-refractivity contribution in [3.05, 3.63) is 28.8 Å². The number of rotatable bonds is 4. The van der Waals surface area contributed by atoms with E-state index in [0.717, 1.165) is 42.5 Å². The molecule has 1 heterocycles. The van der Waals surface area contributed by atoms with Crippen molar-refractivity contribution in [1.82, 2.24) is 4.90 Å². The van der Waals surface area contributed by atoms with Crippen LogP contribution in [0.5, 0.6) is 28.7 Å². The molecule has 0 saturated carbocycles. The van der Waals surface area contributed by atoms with E-state index in [4.69, 9.17) is 18.9 Å². The molecule has 4 rings (SSSR count). The molecule has 6 nitrogen and oxygen atoms in total. The van der Waals surface area contributed by atoms with Gasteiger partial charge in [0.2, 0.25) is 5.75 Å². The molecule has 1 unspecified atom stereocenters. The van der Waals surface area contributed by atoms with E-state index in [9.17, 15) is 5.11 Å². The third-order valence-corrected chi connectivity index (χ3v) is 6.06. The van der Waals surface area contributed by atoms with E-state index in [1.807, 2.05) is 6.07 Å². The Morgan fingerprint density at radius 3 is 2.14 bits per heavy atom. The van der Waals surface area contributed by atoms with Gasteiger partial charge in [0.25, 0.3) is 0 Å². The van der Waals surface area contributed by atoms with Gasteiger partial charge in [0, 0.05) is 23.7 Å². The van der Waals surface area contributed by atoms with Crippen molar-refractivity contribution in [1.29, 1.82) is 0 Å². The average Bonchev–Trinajstić information content (AvgIpc) is 2.88. The molecule has 1 atom stereocenters. The average molecular weight is 385 g/mol. The summed E-state index contributed by atoms with van der Waals surface area (Å²) in [5.41, 5.74) is 5.14. The van der Waals surface area contributed by atoms with E-state index < -0.39 is 0 Å². The highest BCUT2D eigenvalue weighted by atomic mass is 16.5. The van der Waals surface area contributed by atoms with Gasteiger partial charge in [-0.1, -0.05) is 0 Å². The quantitative estimate of drug-likeness (QED) is 0.868. The molecule has 2 aromatic carbocycles. The smallest absolute Gasteiger partial charge is 0.203 e. The van der Waals surface area contributed by atoms with Crippen LogP contribution in [-0.2, 0) is 12.8 Å². The summed E-state index contributed by atoms with van der Waals surface area (Å²) in [7, 11) is 8.57. The highest BCUT2D eigenvalue weighted by Gasteiger charge is 2.37. The van der Waals surface area contributed by atoms with E-state index in [0.29, 0.717) is 23.0 Å². The second-order valence-electron chi connectivity index (χ2n) is 7.34. The van der Waals surface area contributed by atoms with E-state index in [1.165, 1.54) is 18.2 Å². The van der Waals surface area contributed by atoms with Crippen LogP contribution in [0.4, 0.5) is 0 Å².